The molecule has 3 rings (SSSR count). The van der Waals surface area contributed by atoms with E-state index in [0.29, 0.717) is 5.52 Å². The number of benzene rings is 1. The van der Waals surface area contributed by atoms with Crippen molar-refractivity contribution in [2.75, 3.05) is 0 Å². The van der Waals surface area contributed by atoms with Gasteiger partial charge in [-0.2, -0.15) is 0 Å². The molecule has 0 radical (unpaired) electrons. The minimum atomic E-state index is -0.715. The number of rotatable bonds is 3. The number of ether oxygens (including phenoxy) is 1. The van der Waals surface area contributed by atoms with Crippen LogP contribution in [0.2, 0.25) is 0 Å². The standard InChI is InChI=1S/C12H7N3O5/c16-12(20-11-4-3-10(19-11)15(17)18)7-1-2-8-9(5-7)14-6-13-8/h1-6H,(H,13,14). The van der Waals surface area contributed by atoms with Gasteiger partial charge in [-0.25, -0.2) is 9.78 Å². The summed E-state index contributed by atoms with van der Waals surface area (Å²) in [5, 5.41) is 10.4. The number of nitrogens with one attached hydrogen (secondary N) is 1. The van der Waals surface area contributed by atoms with Crippen molar-refractivity contribution in [2.24, 2.45) is 0 Å². The topological polar surface area (TPSA) is 111 Å². The van der Waals surface area contributed by atoms with E-state index in [9.17, 15) is 14.9 Å². The Labute approximate surface area is 111 Å². The number of carbonyl (C=O) groups excluding carboxylic acids is 1. The van der Waals surface area contributed by atoms with Crippen LogP contribution in [-0.4, -0.2) is 20.9 Å². The molecule has 2 aromatic heterocycles. The van der Waals surface area contributed by atoms with Crippen molar-refractivity contribution in [1.29, 1.82) is 0 Å². The number of imidazole rings is 1. The van der Waals surface area contributed by atoms with Crippen molar-refractivity contribution >= 4 is 22.9 Å². The number of hydrogen-bond acceptors (Lipinski definition) is 6. The molecule has 0 amide bonds. The number of fused-ring (bicyclic) bond motifs is 1. The molecule has 3 aromatic rings. The second kappa shape index (κ2) is 4.50. The summed E-state index contributed by atoms with van der Waals surface area (Å²) in [7, 11) is 0. The highest BCUT2D eigenvalue weighted by molar-refractivity contribution is 5.94. The van der Waals surface area contributed by atoms with E-state index in [2.05, 4.69) is 9.97 Å². The van der Waals surface area contributed by atoms with Crippen LogP contribution in [0.1, 0.15) is 10.4 Å². The second-order valence-corrected chi connectivity index (χ2v) is 3.87. The van der Waals surface area contributed by atoms with Gasteiger partial charge in [0.2, 0.25) is 0 Å². The zero-order valence-electron chi connectivity index (χ0n) is 9.90. The minimum Gasteiger partial charge on any atom is -0.389 e. The van der Waals surface area contributed by atoms with Crippen LogP contribution in [0, 0.1) is 10.1 Å². The molecule has 0 unspecified atom stereocenters. The molecule has 0 bridgehead atoms. The van der Waals surface area contributed by atoms with Crippen LogP contribution in [-0.2, 0) is 0 Å². The molecule has 8 nitrogen and oxygen atoms in total. The summed E-state index contributed by atoms with van der Waals surface area (Å²) >= 11 is 0. The average Bonchev–Trinajstić information content (AvgIpc) is 3.05. The summed E-state index contributed by atoms with van der Waals surface area (Å²) in [5.74, 6) is -1.40. The second-order valence-electron chi connectivity index (χ2n) is 3.87. The first kappa shape index (κ1) is 11.9. The molecule has 0 aliphatic heterocycles. The lowest BCUT2D eigenvalue weighted by atomic mass is 10.2. The number of aromatic nitrogens is 2. The van der Waals surface area contributed by atoms with Crippen molar-refractivity contribution in [2.45, 2.75) is 0 Å². The zero-order chi connectivity index (χ0) is 14.1. The Morgan fingerprint density at radius 2 is 2.20 bits per heavy atom. The largest absolute Gasteiger partial charge is 0.436 e. The van der Waals surface area contributed by atoms with Gasteiger partial charge < -0.3 is 14.1 Å². The monoisotopic (exact) mass is 273 g/mol. The molecule has 100 valence electrons. The van der Waals surface area contributed by atoms with Crippen molar-refractivity contribution in [3.05, 3.63) is 52.3 Å². The Morgan fingerprint density at radius 1 is 1.35 bits per heavy atom. The van der Waals surface area contributed by atoms with Crippen molar-refractivity contribution < 1.29 is 18.9 Å². The summed E-state index contributed by atoms with van der Waals surface area (Å²) < 4.78 is 9.65. The minimum absolute atomic E-state index is 0.233. The quantitative estimate of drug-likeness (QED) is 0.445. The normalized spacial score (nSPS) is 10.6. The molecule has 0 aliphatic carbocycles. The molecular formula is C12H7N3O5. The molecule has 2 heterocycles. The third-order valence-corrected chi connectivity index (χ3v) is 2.60. The number of aromatic amines is 1. The fourth-order valence-corrected chi connectivity index (χ4v) is 1.67. The predicted octanol–water partition coefficient (Wildman–Crippen LogP) is 2.28. The van der Waals surface area contributed by atoms with E-state index >= 15 is 0 Å². The maximum absolute atomic E-state index is 11.9. The number of esters is 1. The molecule has 20 heavy (non-hydrogen) atoms. The fraction of sp³-hybridized carbons (Fsp3) is 0. The van der Waals surface area contributed by atoms with Gasteiger partial charge in [0.05, 0.1) is 29.0 Å². The molecule has 0 saturated carbocycles. The molecule has 0 spiro atoms. The molecular weight excluding hydrogens is 266 g/mol. The van der Waals surface area contributed by atoms with E-state index in [1.165, 1.54) is 12.4 Å². The average molecular weight is 273 g/mol. The first-order chi connectivity index (χ1) is 9.63. The van der Waals surface area contributed by atoms with Gasteiger partial charge in [0.1, 0.15) is 4.92 Å². The highest BCUT2D eigenvalue weighted by Crippen LogP contribution is 2.23. The summed E-state index contributed by atoms with van der Waals surface area (Å²) in [4.78, 5) is 28.5. The third-order valence-electron chi connectivity index (χ3n) is 2.60. The van der Waals surface area contributed by atoms with Crippen LogP contribution in [0.3, 0.4) is 0 Å². The van der Waals surface area contributed by atoms with Gasteiger partial charge in [-0.3, -0.25) is 10.1 Å². The lowest BCUT2D eigenvalue weighted by Gasteiger charge is -2.00. The maximum atomic E-state index is 11.9. The molecule has 0 aliphatic rings. The SMILES string of the molecule is O=C(Oc1ccc([N+](=O)[O-])o1)c1ccc2[nH]cnc2c1. The number of hydrogen-bond donors (Lipinski definition) is 1. The molecule has 8 heteroatoms. The Kier molecular flexibility index (Phi) is 2.68. The third kappa shape index (κ3) is 2.09. The Morgan fingerprint density at radius 3 is 2.95 bits per heavy atom. The summed E-state index contributed by atoms with van der Waals surface area (Å²) in [6.07, 6.45) is 1.51. The van der Waals surface area contributed by atoms with Crippen LogP contribution in [0.4, 0.5) is 5.88 Å². The maximum Gasteiger partial charge on any atom is 0.436 e. The summed E-state index contributed by atoms with van der Waals surface area (Å²) in [6, 6.07) is 7.11. The van der Waals surface area contributed by atoms with Gasteiger partial charge >= 0.3 is 11.9 Å². The van der Waals surface area contributed by atoms with Crippen molar-refractivity contribution in [1.82, 2.24) is 9.97 Å². The highest BCUT2D eigenvalue weighted by Gasteiger charge is 2.16. The molecule has 0 atom stereocenters. The predicted molar refractivity (Wildman–Crippen MR) is 66.4 cm³/mol. The highest BCUT2D eigenvalue weighted by atomic mass is 16.7. The molecule has 0 fully saturated rings. The number of nitrogens with zero attached hydrogens (tertiary/aromatic N) is 2. The van der Waals surface area contributed by atoms with E-state index in [0.717, 1.165) is 11.6 Å². The lowest BCUT2D eigenvalue weighted by Crippen LogP contribution is -2.07. The number of carbonyl (C=O) groups is 1. The molecule has 1 aromatic carbocycles. The van der Waals surface area contributed by atoms with Gasteiger partial charge in [-0.1, -0.05) is 0 Å². The molecule has 1 N–H and O–H groups in total. The van der Waals surface area contributed by atoms with E-state index in [4.69, 9.17) is 9.15 Å². The van der Waals surface area contributed by atoms with Crippen LogP contribution < -0.4 is 4.74 Å². The van der Waals surface area contributed by atoms with E-state index in [-0.39, 0.29) is 11.5 Å². The van der Waals surface area contributed by atoms with Crippen LogP contribution in [0.25, 0.3) is 11.0 Å². The van der Waals surface area contributed by atoms with Gasteiger partial charge in [0.15, 0.2) is 0 Å². The Balaban J connectivity index is 1.82. The van der Waals surface area contributed by atoms with E-state index < -0.39 is 16.8 Å². The van der Waals surface area contributed by atoms with Gasteiger partial charge in [-0.15, -0.1) is 0 Å². The summed E-state index contributed by atoms with van der Waals surface area (Å²) in [5.41, 5.74) is 1.67. The fourth-order valence-electron chi connectivity index (χ4n) is 1.67. The van der Waals surface area contributed by atoms with Crippen LogP contribution in [0.15, 0.2) is 41.1 Å². The van der Waals surface area contributed by atoms with Gasteiger partial charge in [0.25, 0.3) is 5.95 Å². The van der Waals surface area contributed by atoms with Gasteiger partial charge in [-0.05, 0) is 18.2 Å². The molecule has 0 saturated heterocycles. The van der Waals surface area contributed by atoms with Crippen molar-refractivity contribution in [3.63, 3.8) is 0 Å². The van der Waals surface area contributed by atoms with E-state index in [1.54, 1.807) is 18.2 Å². The van der Waals surface area contributed by atoms with Crippen LogP contribution in [0.5, 0.6) is 5.95 Å². The zero-order valence-corrected chi connectivity index (χ0v) is 9.90. The lowest BCUT2D eigenvalue weighted by molar-refractivity contribution is -0.402. The summed E-state index contributed by atoms with van der Waals surface area (Å²) in [6.45, 7) is 0. The smallest absolute Gasteiger partial charge is 0.389 e. The van der Waals surface area contributed by atoms with Crippen LogP contribution >= 0.6 is 0 Å². The van der Waals surface area contributed by atoms with E-state index in [1.807, 2.05) is 0 Å². The Hall–Kier alpha value is -3.16. The number of nitro groups is 1. The number of furan rings is 1. The number of H-pyrrole nitrogens is 1. The van der Waals surface area contributed by atoms with Crippen molar-refractivity contribution in [3.8, 4) is 5.95 Å². The van der Waals surface area contributed by atoms with Gasteiger partial charge in [0, 0.05) is 6.07 Å². The Bertz CT molecular complexity index is 804. The first-order valence-corrected chi connectivity index (χ1v) is 5.53. The first-order valence-electron chi connectivity index (χ1n) is 5.53.